The molecule has 0 aliphatic carbocycles. The number of thioether (sulfide) groups is 1. The van der Waals surface area contributed by atoms with E-state index in [1.54, 1.807) is 29.2 Å². The lowest BCUT2D eigenvalue weighted by Gasteiger charge is -2.17. The van der Waals surface area contributed by atoms with Crippen molar-refractivity contribution in [3.63, 3.8) is 0 Å². The van der Waals surface area contributed by atoms with E-state index in [0.29, 0.717) is 22.5 Å². The van der Waals surface area contributed by atoms with E-state index < -0.39 is 0 Å². The maximum absolute atomic E-state index is 6.15. The number of thiophene rings is 1. The first-order valence-corrected chi connectivity index (χ1v) is 8.93. The summed E-state index contributed by atoms with van der Waals surface area (Å²) in [6.07, 6.45) is 0. The second-order valence-corrected chi connectivity index (χ2v) is 7.22. The summed E-state index contributed by atoms with van der Waals surface area (Å²) >= 11 is 9.53. The molecule has 3 rings (SSSR count). The maximum Gasteiger partial charge on any atom is 0.236 e. The van der Waals surface area contributed by atoms with Crippen molar-refractivity contribution in [3.05, 3.63) is 62.9 Å². The van der Waals surface area contributed by atoms with Crippen molar-refractivity contribution in [1.29, 1.82) is 0 Å². The zero-order valence-corrected chi connectivity index (χ0v) is 14.2. The lowest BCUT2D eigenvalue weighted by Crippen LogP contribution is -2.01. The van der Waals surface area contributed by atoms with Gasteiger partial charge in [0.25, 0.3) is 0 Å². The Morgan fingerprint density at radius 3 is 2.95 bits per heavy atom. The van der Waals surface area contributed by atoms with E-state index in [1.807, 2.05) is 25.1 Å². The van der Waals surface area contributed by atoms with Crippen molar-refractivity contribution in [2.45, 2.75) is 17.9 Å². The molecule has 2 heterocycles. The fourth-order valence-corrected chi connectivity index (χ4v) is 4.42. The Kier molecular flexibility index (Phi) is 4.71. The maximum atomic E-state index is 6.15. The smallest absolute Gasteiger partial charge is 0.236 e. The third-order valence-electron chi connectivity index (χ3n) is 3.08. The highest BCUT2D eigenvalue weighted by atomic mass is 35.5. The number of aromatic nitrogens is 2. The van der Waals surface area contributed by atoms with Gasteiger partial charge in [-0.3, -0.25) is 0 Å². The quantitative estimate of drug-likeness (QED) is 0.675. The van der Waals surface area contributed by atoms with Gasteiger partial charge in [-0.2, -0.15) is 4.98 Å². The van der Waals surface area contributed by atoms with E-state index in [2.05, 4.69) is 21.6 Å². The minimum atomic E-state index is 0.0888. The number of nitrogens with zero attached hydrogens (tertiary/aromatic N) is 2. The van der Waals surface area contributed by atoms with Crippen LogP contribution in [0.2, 0.25) is 5.02 Å². The third-order valence-corrected chi connectivity index (χ3v) is 5.65. The number of nitrogen functional groups attached to an aromatic ring is 1. The molecule has 4 nitrogen and oxygen atoms in total. The molecule has 1 aromatic carbocycles. The Labute approximate surface area is 141 Å². The van der Waals surface area contributed by atoms with Crippen LogP contribution in [0.15, 0.2) is 40.2 Å². The van der Waals surface area contributed by atoms with Crippen LogP contribution in [0.4, 0.5) is 5.69 Å². The van der Waals surface area contributed by atoms with Crippen LogP contribution in [0.1, 0.15) is 27.4 Å². The zero-order valence-electron chi connectivity index (χ0n) is 11.8. The van der Waals surface area contributed by atoms with Crippen molar-refractivity contribution >= 4 is 40.4 Å². The Hall–Kier alpha value is -1.50. The molecule has 0 saturated heterocycles. The number of halogens is 1. The van der Waals surface area contributed by atoms with Gasteiger partial charge in [0.05, 0.1) is 11.0 Å². The molecule has 0 radical (unpaired) electrons. The summed E-state index contributed by atoms with van der Waals surface area (Å²) in [5, 5.41) is 6.64. The summed E-state index contributed by atoms with van der Waals surface area (Å²) in [6, 6.07) is 9.70. The number of hydrogen-bond acceptors (Lipinski definition) is 6. The van der Waals surface area contributed by atoms with E-state index in [4.69, 9.17) is 21.9 Å². The number of rotatable bonds is 5. The molecule has 7 heteroatoms. The molecular weight excluding hydrogens is 338 g/mol. The topological polar surface area (TPSA) is 64.9 Å². The van der Waals surface area contributed by atoms with Crippen LogP contribution < -0.4 is 5.73 Å². The second kappa shape index (κ2) is 6.73. The first-order valence-electron chi connectivity index (χ1n) is 6.62. The lowest BCUT2D eigenvalue weighted by molar-refractivity contribution is 0.387. The van der Waals surface area contributed by atoms with Gasteiger partial charge < -0.3 is 10.3 Å². The molecule has 0 bridgehead atoms. The van der Waals surface area contributed by atoms with Gasteiger partial charge in [0.15, 0.2) is 5.82 Å². The van der Waals surface area contributed by atoms with Crippen LogP contribution in [0, 0.1) is 6.92 Å². The minimum Gasteiger partial charge on any atom is -0.398 e. The summed E-state index contributed by atoms with van der Waals surface area (Å²) in [4.78, 5) is 5.46. The summed E-state index contributed by atoms with van der Waals surface area (Å²) in [7, 11) is 0. The average Bonchev–Trinajstić information content (AvgIpc) is 3.15. The lowest BCUT2D eigenvalue weighted by atomic mass is 10.1. The van der Waals surface area contributed by atoms with Gasteiger partial charge in [-0.15, -0.1) is 23.1 Å². The highest BCUT2D eigenvalue weighted by molar-refractivity contribution is 7.99. The zero-order chi connectivity index (χ0) is 15.5. The van der Waals surface area contributed by atoms with E-state index in [1.165, 1.54) is 4.88 Å². The molecule has 2 N–H and O–H groups in total. The highest BCUT2D eigenvalue weighted by Gasteiger charge is 2.20. The Bertz CT molecular complexity index is 758. The average molecular weight is 352 g/mol. The van der Waals surface area contributed by atoms with Gasteiger partial charge in [0.1, 0.15) is 0 Å². The molecule has 0 spiro atoms. The van der Waals surface area contributed by atoms with Gasteiger partial charge in [0, 0.05) is 15.6 Å². The van der Waals surface area contributed by atoms with Crippen LogP contribution in [-0.4, -0.2) is 10.1 Å². The summed E-state index contributed by atoms with van der Waals surface area (Å²) in [6.45, 7) is 1.81. The molecule has 114 valence electrons. The van der Waals surface area contributed by atoms with Crippen molar-refractivity contribution < 1.29 is 4.52 Å². The van der Waals surface area contributed by atoms with Crippen molar-refractivity contribution in [2.75, 3.05) is 5.73 Å². The third kappa shape index (κ3) is 3.45. The van der Waals surface area contributed by atoms with Crippen LogP contribution in [0.25, 0.3) is 0 Å². The van der Waals surface area contributed by atoms with Crippen LogP contribution in [0.5, 0.6) is 0 Å². The van der Waals surface area contributed by atoms with E-state index in [9.17, 15) is 0 Å². The number of nitrogens with two attached hydrogens (primary N) is 1. The van der Waals surface area contributed by atoms with Gasteiger partial charge in [-0.25, -0.2) is 0 Å². The number of benzene rings is 1. The van der Waals surface area contributed by atoms with Crippen molar-refractivity contribution in [1.82, 2.24) is 10.1 Å². The number of anilines is 1. The standard InChI is InChI=1S/C15H14ClN3OS2/c1-9-18-14(20-19-9)8-22-15(13-3-2-6-21-13)11-7-10(16)4-5-12(11)17/h2-7,15H,8,17H2,1H3. The van der Waals surface area contributed by atoms with Crippen LogP contribution >= 0.6 is 34.7 Å². The van der Waals surface area contributed by atoms with E-state index in [-0.39, 0.29) is 5.25 Å². The van der Waals surface area contributed by atoms with Crippen LogP contribution in [0.3, 0.4) is 0 Å². The largest absolute Gasteiger partial charge is 0.398 e. The molecule has 0 aliphatic heterocycles. The molecule has 1 atom stereocenters. The van der Waals surface area contributed by atoms with Gasteiger partial charge >= 0.3 is 0 Å². The fourth-order valence-electron chi connectivity index (χ4n) is 2.09. The Morgan fingerprint density at radius 1 is 1.41 bits per heavy atom. The molecule has 2 aromatic heterocycles. The SMILES string of the molecule is Cc1noc(CSC(c2cccs2)c2cc(Cl)ccc2N)n1. The molecule has 0 saturated carbocycles. The van der Waals surface area contributed by atoms with Crippen molar-refractivity contribution in [2.24, 2.45) is 0 Å². The second-order valence-electron chi connectivity index (χ2n) is 4.72. The summed E-state index contributed by atoms with van der Waals surface area (Å²) in [5.74, 6) is 1.88. The Balaban J connectivity index is 1.89. The van der Waals surface area contributed by atoms with Gasteiger partial charge in [-0.1, -0.05) is 22.8 Å². The molecule has 3 aromatic rings. The van der Waals surface area contributed by atoms with Crippen molar-refractivity contribution in [3.8, 4) is 0 Å². The van der Waals surface area contributed by atoms with Crippen LogP contribution in [-0.2, 0) is 5.75 Å². The minimum absolute atomic E-state index is 0.0888. The predicted molar refractivity (Wildman–Crippen MR) is 92.4 cm³/mol. The molecule has 0 fully saturated rings. The first-order chi connectivity index (χ1) is 10.6. The first kappa shape index (κ1) is 15.4. The predicted octanol–water partition coefficient (Wildman–Crippen LogP) is 4.70. The van der Waals surface area contributed by atoms with E-state index in [0.717, 1.165) is 11.3 Å². The monoisotopic (exact) mass is 351 g/mol. The number of hydrogen-bond donors (Lipinski definition) is 1. The fraction of sp³-hybridized carbons (Fsp3) is 0.200. The molecule has 0 amide bonds. The van der Waals surface area contributed by atoms with Gasteiger partial charge in [-0.05, 0) is 42.1 Å². The van der Waals surface area contributed by atoms with Gasteiger partial charge in [0.2, 0.25) is 5.89 Å². The summed E-state index contributed by atoms with van der Waals surface area (Å²) in [5.41, 5.74) is 7.89. The number of aryl methyl sites for hydroxylation is 1. The molecule has 22 heavy (non-hydrogen) atoms. The van der Waals surface area contributed by atoms with E-state index >= 15 is 0 Å². The summed E-state index contributed by atoms with van der Waals surface area (Å²) < 4.78 is 5.19. The Morgan fingerprint density at radius 2 is 2.27 bits per heavy atom. The highest BCUT2D eigenvalue weighted by Crippen LogP contribution is 2.42. The normalized spacial score (nSPS) is 12.5. The molecule has 1 unspecified atom stereocenters. The molecular formula is C15H14ClN3OS2. The molecule has 0 aliphatic rings.